The number of thioether (sulfide) groups is 1. The van der Waals surface area contributed by atoms with E-state index in [9.17, 15) is 9.90 Å². The lowest BCUT2D eigenvalue weighted by molar-refractivity contribution is -0.133. The van der Waals surface area contributed by atoms with E-state index in [1.54, 1.807) is 18.7 Å². The number of amides is 1. The summed E-state index contributed by atoms with van der Waals surface area (Å²) in [5.74, 6) is 1.04. The Hall–Kier alpha value is -0.260. The Morgan fingerprint density at radius 1 is 1.47 bits per heavy atom. The first-order valence-corrected chi connectivity index (χ1v) is 8.39. The SMILES string of the molecule is CSCC(C)(O)CNC(=O)C(C)(C)C1CCCNC1. The molecule has 1 rings (SSSR count). The van der Waals surface area contributed by atoms with Gasteiger partial charge in [-0.15, -0.1) is 0 Å². The minimum atomic E-state index is -0.837. The van der Waals surface area contributed by atoms with Crippen LogP contribution in [0.3, 0.4) is 0 Å². The molecular weight excluding hydrogens is 260 g/mol. The van der Waals surface area contributed by atoms with Crippen LogP contribution in [0.15, 0.2) is 0 Å². The van der Waals surface area contributed by atoms with Gasteiger partial charge in [-0.1, -0.05) is 13.8 Å². The van der Waals surface area contributed by atoms with Gasteiger partial charge in [0.1, 0.15) is 0 Å². The van der Waals surface area contributed by atoms with Crippen LogP contribution < -0.4 is 10.6 Å². The Labute approximate surface area is 121 Å². The summed E-state index contributed by atoms with van der Waals surface area (Å²) in [5, 5.41) is 16.4. The molecule has 19 heavy (non-hydrogen) atoms. The molecule has 3 N–H and O–H groups in total. The quantitative estimate of drug-likeness (QED) is 0.688. The van der Waals surface area contributed by atoms with Crippen LogP contribution in [0.4, 0.5) is 0 Å². The van der Waals surface area contributed by atoms with Gasteiger partial charge >= 0.3 is 0 Å². The molecule has 1 aliphatic heterocycles. The largest absolute Gasteiger partial charge is 0.387 e. The zero-order valence-corrected chi connectivity index (χ0v) is 13.4. The smallest absolute Gasteiger partial charge is 0.226 e. The minimum absolute atomic E-state index is 0.0441. The van der Waals surface area contributed by atoms with E-state index in [0.29, 0.717) is 18.2 Å². The minimum Gasteiger partial charge on any atom is -0.387 e. The van der Waals surface area contributed by atoms with Crippen LogP contribution in [0.2, 0.25) is 0 Å². The Morgan fingerprint density at radius 2 is 2.16 bits per heavy atom. The molecule has 0 radical (unpaired) electrons. The van der Waals surface area contributed by atoms with E-state index in [1.165, 1.54) is 0 Å². The molecule has 0 aromatic carbocycles. The number of nitrogens with one attached hydrogen (secondary N) is 2. The number of carbonyl (C=O) groups excluding carboxylic acids is 1. The average Bonchev–Trinajstić information content (AvgIpc) is 2.37. The van der Waals surface area contributed by atoms with Crippen LogP contribution in [-0.4, -0.2) is 48.3 Å². The van der Waals surface area contributed by atoms with Gasteiger partial charge in [-0.25, -0.2) is 0 Å². The van der Waals surface area contributed by atoms with Crippen LogP contribution in [-0.2, 0) is 4.79 Å². The maximum absolute atomic E-state index is 12.4. The second kappa shape index (κ2) is 6.95. The van der Waals surface area contributed by atoms with Gasteiger partial charge in [0.25, 0.3) is 0 Å². The van der Waals surface area contributed by atoms with E-state index in [4.69, 9.17) is 0 Å². The normalized spacial score (nSPS) is 23.7. The standard InChI is InChI=1S/C14H28N2O2S/c1-13(2,11-6-5-7-15-8-11)12(17)16-9-14(3,18)10-19-4/h11,15,18H,5-10H2,1-4H3,(H,16,17). The van der Waals surface area contributed by atoms with E-state index in [0.717, 1.165) is 25.9 Å². The Bertz CT molecular complexity index is 300. The summed E-state index contributed by atoms with van der Waals surface area (Å²) in [7, 11) is 0. The number of rotatable bonds is 6. The molecule has 2 atom stereocenters. The van der Waals surface area contributed by atoms with Crippen LogP contribution in [0.5, 0.6) is 0 Å². The second-order valence-corrected chi connectivity index (χ2v) is 7.24. The lowest BCUT2D eigenvalue weighted by Crippen LogP contribution is -2.51. The van der Waals surface area contributed by atoms with Gasteiger partial charge in [0, 0.05) is 17.7 Å². The zero-order chi connectivity index (χ0) is 14.5. The predicted molar refractivity (Wildman–Crippen MR) is 81.4 cm³/mol. The molecule has 0 aromatic rings. The van der Waals surface area contributed by atoms with Crippen molar-refractivity contribution in [3.05, 3.63) is 0 Å². The third-order valence-corrected chi connectivity index (χ3v) is 4.90. The molecule has 0 aliphatic carbocycles. The monoisotopic (exact) mass is 288 g/mol. The van der Waals surface area contributed by atoms with E-state index in [2.05, 4.69) is 10.6 Å². The highest BCUT2D eigenvalue weighted by molar-refractivity contribution is 7.98. The van der Waals surface area contributed by atoms with Crippen molar-refractivity contribution in [3.8, 4) is 0 Å². The van der Waals surface area contributed by atoms with Crippen molar-refractivity contribution in [2.45, 2.75) is 39.2 Å². The van der Waals surface area contributed by atoms with E-state index in [-0.39, 0.29) is 11.3 Å². The average molecular weight is 288 g/mol. The highest BCUT2D eigenvalue weighted by Gasteiger charge is 2.37. The Kier molecular flexibility index (Phi) is 6.15. The van der Waals surface area contributed by atoms with Crippen molar-refractivity contribution in [1.29, 1.82) is 0 Å². The Balaban J connectivity index is 2.51. The predicted octanol–water partition coefficient (Wildman–Crippen LogP) is 1.24. The van der Waals surface area contributed by atoms with Crippen LogP contribution >= 0.6 is 11.8 Å². The van der Waals surface area contributed by atoms with E-state index >= 15 is 0 Å². The summed E-state index contributed by atoms with van der Waals surface area (Å²) >= 11 is 1.58. The van der Waals surface area contributed by atoms with Crippen LogP contribution in [0.25, 0.3) is 0 Å². The lowest BCUT2D eigenvalue weighted by Gasteiger charge is -2.36. The molecule has 0 bridgehead atoms. The first kappa shape index (κ1) is 16.8. The van der Waals surface area contributed by atoms with Crippen molar-refractivity contribution in [2.75, 3.05) is 31.6 Å². The molecule has 5 heteroatoms. The van der Waals surface area contributed by atoms with Crippen molar-refractivity contribution in [3.63, 3.8) is 0 Å². The highest BCUT2D eigenvalue weighted by atomic mass is 32.2. The topological polar surface area (TPSA) is 61.4 Å². The fourth-order valence-electron chi connectivity index (χ4n) is 2.51. The van der Waals surface area contributed by atoms with Gasteiger partial charge in [-0.3, -0.25) is 4.79 Å². The third-order valence-electron chi connectivity index (χ3n) is 3.99. The molecule has 1 heterocycles. The number of hydrogen-bond acceptors (Lipinski definition) is 4. The molecule has 0 aromatic heterocycles. The first-order valence-electron chi connectivity index (χ1n) is 7.00. The molecule has 2 unspecified atom stereocenters. The molecule has 1 amide bonds. The van der Waals surface area contributed by atoms with Crippen molar-refractivity contribution in [1.82, 2.24) is 10.6 Å². The number of carbonyl (C=O) groups is 1. The van der Waals surface area contributed by atoms with Gasteiger partial charge in [-0.05, 0) is 45.0 Å². The summed E-state index contributed by atoms with van der Waals surface area (Å²) in [6.45, 7) is 8.04. The van der Waals surface area contributed by atoms with E-state index < -0.39 is 5.60 Å². The molecule has 1 saturated heterocycles. The summed E-state index contributed by atoms with van der Waals surface area (Å²) in [6.07, 6.45) is 4.17. The van der Waals surface area contributed by atoms with Crippen molar-refractivity contribution in [2.24, 2.45) is 11.3 Å². The van der Waals surface area contributed by atoms with Crippen LogP contribution in [0.1, 0.15) is 33.6 Å². The van der Waals surface area contributed by atoms with Gasteiger partial charge in [0.15, 0.2) is 0 Å². The molecule has 112 valence electrons. The van der Waals surface area contributed by atoms with Crippen molar-refractivity contribution < 1.29 is 9.90 Å². The molecule has 4 nitrogen and oxygen atoms in total. The summed E-state index contributed by atoms with van der Waals surface area (Å²) < 4.78 is 0. The maximum atomic E-state index is 12.4. The second-order valence-electron chi connectivity index (χ2n) is 6.38. The molecule has 0 saturated carbocycles. The molecular formula is C14H28N2O2S. The lowest BCUT2D eigenvalue weighted by atomic mass is 9.74. The van der Waals surface area contributed by atoms with Crippen LogP contribution in [0, 0.1) is 11.3 Å². The summed E-state index contributed by atoms with van der Waals surface area (Å²) in [6, 6.07) is 0. The van der Waals surface area contributed by atoms with Crippen molar-refractivity contribution >= 4 is 17.7 Å². The first-order chi connectivity index (χ1) is 8.79. The Morgan fingerprint density at radius 3 is 2.68 bits per heavy atom. The number of aliphatic hydroxyl groups is 1. The van der Waals surface area contributed by atoms with Gasteiger partial charge < -0.3 is 15.7 Å². The number of piperidine rings is 1. The van der Waals surface area contributed by atoms with E-state index in [1.807, 2.05) is 20.1 Å². The molecule has 1 aliphatic rings. The highest BCUT2D eigenvalue weighted by Crippen LogP contribution is 2.32. The fourth-order valence-corrected chi connectivity index (χ4v) is 3.24. The molecule has 0 spiro atoms. The van der Waals surface area contributed by atoms with Gasteiger partial charge in [0.2, 0.25) is 5.91 Å². The van der Waals surface area contributed by atoms with Gasteiger partial charge in [0.05, 0.1) is 5.60 Å². The summed E-state index contributed by atoms with van der Waals surface area (Å²) in [5.41, 5.74) is -1.22. The summed E-state index contributed by atoms with van der Waals surface area (Å²) in [4.78, 5) is 12.4. The fraction of sp³-hybridized carbons (Fsp3) is 0.929. The third kappa shape index (κ3) is 4.97. The number of hydrogen-bond donors (Lipinski definition) is 3. The maximum Gasteiger partial charge on any atom is 0.226 e. The zero-order valence-electron chi connectivity index (χ0n) is 12.6. The van der Waals surface area contributed by atoms with Gasteiger partial charge in [-0.2, -0.15) is 11.8 Å². The molecule has 1 fully saturated rings.